The van der Waals surface area contributed by atoms with E-state index in [4.69, 9.17) is 0 Å². The van der Waals surface area contributed by atoms with E-state index in [1.165, 1.54) is 5.56 Å². The normalized spacial score (nSPS) is 16.0. The quantitative estimate of drug-likeness (QED) is 0.718. The van der Waals surface area contributed by atoms with Crippen molar-refractivity contribution in [2.24, 2.45) is 0 Å². The highest BCUT2D eigenvalue weighted by atomic mass is 15.3. The van der Waals surface area contributed by atoms with Crippen LogP contribution in [0.25, 0.3) is 0 Å². The second kappa shape index (κ2) is 3.81. The number of anilines is 1. The van der Waals surface area contributed by atoms with Crippen LogP contribution in [0.2, 0.25) is 0 Å². The zero-order valence-electron chi connectivity index (χ0n) is 10.2. The fourth-order valence-electron chi connectivity index (χ4n) is 1.55. The van der Waals surface area contributed by atoms with Gasteiger partial charge in [-0.05, 0) is 23.1 Å². The summed E-state index contributed by atoms with van der Waals surface area (Å²) < 4.78 is 0. The Balaban J connectivity index is 2.27. The number of rotatable bonds is 1. The molecule has 2 heterocycles. The van der Waals surface area contributed by atoms with E-state index in [1.54, 1.807) is 0 Å². The van der Waals surface area contributed by atoms with Crippen LogP contribution in [0.1, 0.15) is 26.3 Å². The van der Waals surface area contributed by atoms with E-state index in [2.05, 4.69) is 44.6 Å². The second-order valence-electron chi connectivity index (χ2n) is 5.03. The fourth-order valence-corrected chi connectivity index (χ4v) is 1.55. The Morgan fingerprint density at radius 3 is 2.56 bits per heavy atom. The summed E-state index contributed by atoms with van der Waals surface area (Å²) in [5.41, 5.74) is 1.43. The zero-order valence-corrected chi connectivity index (χ0v) is 10.2. The third-order valence-corrected chi connectivity index (χ3v) is 2.56. The lowest BCUT2D eigenvalue weighted by Crippen LogP contribution is -2.18. The van der Waals surface area contributed by atoms with E-state index in [-0.39, 0.29) is 5.41 Å². The van der Waals surface area contributed by atoms with E-state index < -0.39 is 0 Å². The minimum atomic E-state index is 0.146. The van der Waals surface area contributed by atoms with Crippen molar-refractivity contribution >= 4 is 5.82 Å². The van der Waals surface area contributed by atoms with Gasteiger partial charge in [0.05, 0.1) is 0 Å². The Morgan fingerprint density at radius 1 is 1.25 bits per heavy atom. The van der Waals surface area contributed by atoms with E-state index >= 15 is 0 Å². The summed E-state index contributed by atoms with van der Waals surface area (Å²) >= 11 is 0. The highest BCUT2D eigenvalue weighted by Crippen LogP contribution is 2.26. The van der Waals surface area contributed by atoms with Crippen LogP contribution in [0.3, 0.4) is 0 Å². The summed E-state index contributed by atoms with van der Waals surface area (Å²) in [6, 6.07) is 4.17. The molecule has 0 aliphatic carbocycles. The maximum Gasteiger partial charge on any atom is 0.213 e. The molecule has 3 nitrogen and oxygen atoms in total. The lowest BCUT2D eigenvalue weighted by atomic mass is 9.88. The Morgan fingerprint density at radius 2 is 2.00 bits per heavy atom. The highest BCUT2D eigenvalue weighted by Gasteiger charge is 2.18. The summed E-state index contributed by atoms with van der Waals surface area (Å²) in [7, 11) is 1.95. The third kappa shape index (κ3) is 2.18. The van der Waals surface area contributed by atoms with Crippen molar-refractivity contribution in [1.29, 1.82) is 0 Å². The summed E-state index contributed by atoms with van der Waals surface area (Å²) in [6.07, 6.45) is 5.75. The first-order chi connectivity index (χ1) is 7.47. The highest BCUT2D eigenvalue weighted by molar-refractivity contribution is 5.48. The molecule has 84 valence electrons. The summed E-state index contributed by atoms with van der Waals surface area (Å²) in [5, 5.41) is 0. The zero-order chi connectivity index (χ0) is 11.8. The van der Waals surface area contributed by atoms with Crippen molar-refractivity contribution in [1.82, 2.24) is 9.88 Å². The molecule has 1 aliphatic heterocycles. The van der Waals surface area contributed by atoms with Gasteiger partial charge in [-0.2, -0.15) is 0 Å². The molecule has 0 N–H and O–H groups in total. The molecule has 1 aliphatic rings. The molecular weight excluding hydrogens is 198 g/mol. The van der Waals surface area contributed by atoms with Gasteiger partial charge in [-0.25, -0.2) is 4.98 Å². The Labute approximate surface area is 97.4 Å². The molecule has 0 amide bonds. The first-order valence-corrected chi connectivity index (χ1v) is 5.40. The number of hydrogen-bond acceptors (Lipinski definition) is 3. The summed E-state index contributed by atoms with van der Waals surface area (Å²) in [4.78, 5) is 8.13. The Hall–Kier alpha value is -1.51. The molecule has 0 unspecified atom stereocenters. The molecule has 0 spiro atoms. The van der Waals surface area contributed by atoms with Crippen LogP contribution in [-0.4, -0.2) is 16.9 Å². The van der Waals surface area contributed by atoms with Gasteiger partial charge in [-0.15, -0.1) is 0 Å². The molecule has 2 rings (SSSR count). The SMILES string of the molecule is CN1[C]N(c2cc(C(C)(C)C)ccn2)C=C1. The minimum absolute atomic E-state index is 0.146. The molecule has 0 aromatic carbocycles. The van der Waals surface area contributed by atoms with Crippen molar-refractivity contribution in [3.05, 3.63) is 43.0 Å². The minimum Gasteiger partial charge on any atom is -0.349 e. The Bertz CT molecular complexity index is 404. The number of hydrogen-bond donors (Lipinski definition) is 0. The standard InChI is InChI=1S/C13H17N3/c1-13(2,3)11-5-6-14-12(9-11)16-8-7-15(4)10-16/h5-9H,1-4H3. The van der Waals surface area contributed by atoms with E-state index in [0.29, 0.717) is 0 Å². The largest absolute Gasteiger partial charge is 0.349 e. The van der Waals surface area contributed by atoms with Gasteiger partial charge in [0.1, 0.15) is 5.82 Å². The second-order valence-corrected chi connectivity index (χ2v) is 5.03. The van der Waals surface area contributed by atoms with Gasteiger partial charge >= 0.3 is 0 Å². The van der Waals surface area contributed by atoms with Crippen molar-refractivity contribution in [2.75, 3.05) is 11.9 Å². The molecule has 1 aromatic heterocycles. The van der Waals surface area contributed by atoms with E-state index in [0.717, 1.165) is 5.82 Å². The molecule has 2 radical (unpaired) electrons. The fraction of sp³-hybridized carbons (Fsp3) is 0.385. The van der Waals surface area contributed by atoms with Crippen LogP contribution >= 0.6 is 0 Å². The van der Waals surface area contributed by atoms with Crippen LogP contribution in [0.5, 0.6) is 0 Å². The molecule has 0 bridgehead atoms. The van der Waals surface area contributed by atoms with Crippen LogP contribution in [-0.2, 0) is 5.41 Å². The van der Waals surface area contributed by atoms with Crippen molar-refractivity contribution < 1.29 is 0 Å². The van der Waals surface area contributed by atoms with Crippen LogP contribution in [0.4, 0.5) is 5.82 Å². The topological polar surface area (TPSA) is 19.4 Å². The monoisotopic (exact) mass is 215 g/mol. The number of pyridine rings is 1. The number of nitrogens with zero attached hydrogens (tertiary/aromatic N) is 3. The average molecular weight is 215 g/mol. The first kappa shape index (κ1) is 11.0. The molecule has 0 saturated heterocycles. The molecule has 0 fully saturated rings. The van der Waals surface area contributed by atoms with E-state index in [1.807, 2.05) is 35.4 Å². The maximum atomic E-state index is 4.35. The van der Waals surface area contributed by atoms with Crippen molar-refractivity contribution in [3.63, 3.8) is 0 Å². The van der Waals surface area contributed by atoms with E-state index in [9.17, 15) is 0 Å². The average Bonchev–Trinajstić information content (AvgIpc) is 2.64. The van der Waals surface area contributed by atoms with Crippen LogP contribution in [0, 0.1) is 6.67 Å². The third-order valence-electron chi connectivity index (χ3n) is 2.56. The molecule has 16 heavy (non-hydrogen) atoms. The summed E-state index contributed by atoms with van der Waals surface area (Å²) in [5.74, 6) is 0.910. The maximum absolute atomic E-state index is 4.35. The Kier molecular flexibility index (Phi) is 2.62. The van der Waals surface area contributed by atoms with Gasteiger partial charge in [0.25, 0.3) is 0 Å². The van der Waals surface area contributed by atoms with Gasteiger partial charge in [-0.3, -0.25) is 4.90 Å². The predicted octanol–water partition coefficient (Wildman–Crippen LogP) is 2.60. The molecule has 0 atom stereocenters. The van der Waals surface area contributed by atoms with Crippen molar-refractivity contribution in [2.45, 2.75) is 26.2 Å². The van der Waals surface area contributed by atoms with Gasteiger partial charge in [0.15, 0.2) is 0 Å². The van der Waals surface area contributed by atoms with Gasteiger partial charge < -0.3 is 4.90 Å². The molecule has 3 heteroatoms. The van der Waals surface area contributed by atoms with Gasteiger partial charge in [-0.1, -0.05) is 20.8 Å². The van der Waals surface area contributed by atoms with Gasteiger partial charge in [0.2, 0.25) is 6.67 Å². The lowest BCUT2D eigenvalue weighted by molar-refractivity contribution is 0.571. The lowest BCUT2D eigenvalue weighted by Gasteiger charge is -2.21. The van der Waals surface area contributed by atoms with Crippen LogP contribution in [0.15, 0.2) is 30.7 Å². The van der Waals surface area contributed by atoms with Crippen molar-refractivity contribution in [3.8, 4) is 0 Å². The van der Waals surface area contributed by atoms with Crippen LogP contribution < -0.4 is 4.90 Å². The predicted molar refractivity (Wildman–Crippen MR) is 65.6 cm³/mol. The summed E-state index contributed by atoms with van der Waals surface area (Å²) in [6.45, 7) is 9.74. The molecule has 1 aromatic rings. The first-order valence-electron chi connectivity index (χ1n) is 5.40. The molecular formula is C13H17N3. The molecule has 0 saturated carbocycles. The van der Waals surface area contributed by atoms with Gasteiger partial charge in [0, 0.05) is 25.6 Å². The smallest absolute Gasteiger partial charge is 0.213 e. The number of aromatic nitrogens is 1.